The first-order chi connectivity index (χ1) is 5.92. The van der Waals surface area contributed by atoms with Gasteiger partial charge in [0, 0.05) is 12.6 Å². The van der Waals surface area contributed by atoms with Crippen LogP contribution in [0.4, 0.5) is 0 Å². The molecule has 1 unspecified atom stereocenters. The summed E-state index contributed by atoms with van der Waals surface area (Å²) in [7, 11) is 1.67. The molecule has 0 saturated heterocycles. The lowest BCUT2D eigenvalue weighted by Crippen LogP contribution is -2.58. The summed E-state index contributed by atoms with van der Waals surface area (Å²) in [5, 5.41) is 10.1. The average Bonchev–Trinajstić information content (AvgIpc) is 2.50. The van der Waals surface area contributed by atoms with Crippen LogP contribution in [0.2, 0.25) is 0 Å². The summed E-state index contributed by atoms with van der Waals surface area (Å²) in [6, 6.07) is 0. The van der Waals surface area contributed by atoms with Crippen LogP contribution in [0.3, 0.4) is 0 Å². The molecule has 1 rings (SSSR count). The lowest BCUT2D eigenvalue weighted by Gasteiger charge is -2.40. The van der Waals surface area contributed by atoms with Crippen molar-refractivity contribution >= 4 is 0 Å². The molecule has 0 bridgehead atoms. The summed E-state index contributed by atoms with van der Waals surface area (Å²) in [4.78, 5) is 0. The van der Waals surface area contributed by atoms with Crippen LogP contribution in [0.15, 0.2) is 0 Å². The molecule has 0 heterocycles. The van der Waals surface area contributed by atoms with E-state index in [1.54, 1.807) is 7.11 Å². The molecular formula is C10H21NO2. The van der Waals surface area contributed by atoms with Crippen LogP contribution < -0.4 is 5.73 Å². The zero-order chi connectivity index (χ0) is 10.1. The van der Waals surface area contributed by atoms with Crippen molar-refractivity contribution in [2.75, 3.05) is 7.11 Å². The Kier molecular flexibility index (Phi) is 3.00. The molecule has 1 fully saturated rings. The predicted octanol–water partition coefficient (Wildman–Crippen LogP) is 1.04. The van der Waals surface area contributed by atoms with Gasteiger partial charge in [-0.25, -0.2) is 0 Å². The van der Waals surface area contributed by atoms with Gasteiger partial charge in [0.15, 0.2) is 0 Å². The Morgan fingerprint density at radius 1 is 1.38 bits per heavy atom. The second-order valence-electron chi connectivity index (χ2n) is 4.70. The van der Waals surface area contributed by atoms with Gasteiger partial charge in [0.05, 0.1) is 5.60 Å². The van der Waals surface area contributed by atoms with Crippen LogP contribution in [0, 0.1) is 0 Å². The van der Waals surface area contributed by atoms with Crippen molar-refractivity contribution in [3.05, 3.63) is 0 Å². The lowest BCUT2D eigenvalue weighted by molar-refractivity contribution is -0.120. The smallest absolute Gasteiger partial charge is 0.100 e. The van der Waals surface area contributed by atoms with Gasteiger partial charge in [0.25, 0.3) is 0 Å². The van der Waals surface area contributed by atoms with E-state index in [4.69, 9.17) is 10.5 Å². The SMILES string of the molecule is COC1(C(O)C(C)(C)N)CCCC1. The average molecular weight is 187 g/mol. The quantitative estimate of drug-likeness (QED) is 0.694. The molecule has 0 aromatic heterocycles. The molecule has 3 nitrogen and oxygen atoms in total. The second-order valence-corrected chi connectivity index (χ2v) is 4.70. The Labute approximate surface area is 80.3 Å². The maximum absolute atomic E-state index is 10.1. The first-order valence-electron chi connectivity index (χ1n) is 4.94. The minimum atomic E-state index is -0.583. The summed E-state index contributed by atoms with van der Waals surface area (Å²) >= 11 is 0. The molecule has 1 aliphatic carbocycles. The van der Waals surface area contributed by atoms with E-state index in [0.29, 0.717) is 0 Å². The predicted molar refractivity (Wildman–Crippen MR) is 52.5 cm³/mol. The Bertz CT molecular complexity index is 168. The number of rotatable bonds is 3. The van der Waals surface area contributed by atoms with Crippen molar-refractivity contribution in [2.24, 2.45) is 5.73 Å². The fourth-order valence-corrected chi connectivity index (χ4v) is 2.24. The molecule has 3 heteroatoms. The summed E-state index contributed by atoms with van der Waals surface area (Å²) in [6.45, 7) is 3.69. The van der Waals surface area contributed by atoms with E-state index in [9.17, 15) is 5.11 Å². The molecule has 1 aliphatic rings. The molecule has 0 spiro atoms. The van der Waals surface area contributed by atoms with E-state index < -0.39 is 17.2 Å². The maximum Gasteiger partial charge on any atom is 0.100 e. The van der Waals surface area contributed by atoms with E-state index in [1.165, 1.54) is 0 Å². The molecule has 1 saturated carbocycles. The Hall–Kier alpha value is -0.120. The normalized spacial score (nSPS) is 24.7. The van der Waals surface area contributed by atoms with E-state index in [2.05, 4.69) is 0 Å². The number of ether oxygens (including phenoxy) is 1. The zero-order valence-corrected chi connectivity index (χ0v) is 8.84. The molecule has 78 valence electrons. The van der Waals surface area contributed by atoms with Crippen LogP contribution in [0.25, 0.3) is 0 Å². The van der Waals surface area contributed by atoms with Crippen molar-refractivity contribution in [3.63, 3.8) is 0 Å². The van der Waals surface area contributed by atoms with E-state index >= 15 is 0 Å². The van der Waals surface area contributed by atoms with Gasteiger partial charge in [-0.05, 0) is 26.7 Å². The number of aliphatic hydroxyl groups is 1. The first kappa shape index (κ1) is 11.0. The summed E-state index contributed by atoms with van der Waals surface area (Å²) in [5.41, 5.74) is 4.92. The van der Waals surface area contributed by atoms with E-state index in [-0.39, 0.29) is 0 Å². The van der Waals surface area contributed by atoms with Crippen molar-refractivity contribution < 1.29 is 9.84 Å². The highest BCUT2D eigenvalue weighted by atomic mass is 16.5. The summed E-state index contributed by atoms with van der Waals surface area (Å²) < 4.78 is 5.46. The van der Waals surface area contributed by atoms with Crippen molar-refractivity contribution in [3.8, 4) is 0 Å². The number of nitrogens with two attached hydrogens (primary N) is 1. The highest BCUT2D eigenvalue weighted by molar-refractivity contribution is 5.01. The van der Waals surface area contributed by atoms with Crippen molar-refractivity contribution in [1.29, 1.82) is 0 Å². The molecule has 3 N–H and O–H groups in total. The fraction of sp³-hybridized carbons (Fsp3) is 1.00. The summed E-state index contributed by atoms with van der Waals surface area (Å²) in [6.07, 6.45) is 3.52. The molecule has 1 atom stereocenters. The first-order valence-corrected chi connectivity index (χ1v) is 4.94. The van der Waals surface area contributed by atoms with Crippen LogP contribution in [-0.4, -0.2) is 29.5 Å². The Morgan fingerprint density at radius 2 is 1.85 bits per heavy atom. The maximum atomic E-state index is 10.1. The Balaban J connectivity index is 2.76. The highest BCUT2D eigenvalue weighted by Gasteiger charge is 2.46. The van der Waals surface area contributed by atoms with Crippen LogP contribution in [0.5, 0.6) is 0 Å². The van der Waals surface area contributed by atoms with Gasteiger partial charge < -0.3 is 15.6 Å². The Morgan fingerprint density at radius 3 is 2.15 bits per heavy atom. The summed E-state index contributed by atoms with van der Waals surface area (Å²) in [5.74, 6) is 0. The monoisotopic (exact) mass is 187 g/mol. The van der Waals surface area contributed by atoms with E-state index in [1.807, 2.05) is 13.8 Å². The standard InChI is InChI=1S/C10H21NO2/c1-9(2,11)8(12)10(13-3)6-4-5-7-10/h8,12H,4-7,11H2,1-3H3. The number of methoxy groups -OCH3 is 1. The number of hydrogen-bond donors (Lipinski definition) is 2. The van der Waals surface area contributed by atoms with E-state index in [0.717, 1.165) is 25.7 Å². The largest absolute Gasteiger partial charge is 0.388 e. The molecule has 0 aliphatic heterocycles. The zero-order valence-electron chi connectivity index (χ0n) is 8.84. The minimum absolute atomic E-state index is 0.391. The number of hydrogen-bond acceptors (Lipinski definition) is 3. The molecule has 0 amide bonds. The van der Waals surface area contributed by atoms with Crippen LogP contribution in [-0.2, 0) is 4.74 Å². The van der Waals surface area contributed by atoms with Gasteiger partial charge in [-0.1, -0.05) is 12.8 Å². The molecular weight excluding hydrogens is 166 g/mol. The molecule has 0 aromatic rings. The van der Waals surface area contributed by atoms with Gasteiger partial charge in [0.2, 0.25) is 0 Å². The lowest BCUT2D eigenvalue weighted by atomic mass is 9.83. The van der Waals surface area contributed by atoms with Gasteiger partial charge >= 0.3 is 0 Å². The third kappa shape index (κ3) is 2.03. The van der Waals surface area contributed by atoms with Crippen molar-refractivity contribution in [1.82, 2.24) is 0 Å². The third-order valence-corrected chi connectivity index (χ3v) is 3.06. The van der Waals surface area contributed by atoms with Crippen molar-refractivity contribution in [2.45, 2.75) is 56.8 Å². The van der Waals surface area contributed by atoms with Gasteiger partial charge in [-0.3, -0.25) is 0 Å². The fourth-order valence-electron chi connectivity index (χ4n) is 2.24. The molecule has 0 aromatic carbocycles. The van der Waals surface area contributed by atoms with Gasteiger partial charge in [0.1, 0.15) is 6.10 Å². The third-order valence-electron chi connectivity index (χ3n) is 3.06. The minimum Gasteiger partial charge on any atom is -0.388 e. The molecule has 0 radical (unpaired) electrons. The van der Waals surface area contributed by atoms with Gasteiger partial charge in [-0.15, -0.1) is 0 Å². The topological polar surface area (TPSA) is 55.5 Å². The molecule has 13 heavy (non-hydrogen) atoms. The highest BCUT2D eigenvalue weighted by Crippen LogP contribution is 2.38. The number of aliphatic hydroxyl groups excluding tert-OH is 1. The van der Waals surface area contributed by atoms with Crippen LogP contribution >= 0.6 is 0 Å². The van der Waals surface area contributed by atoms with Crippen LogP contribution in [0.1, 0.15) is 39.5 Å². The second kappa shape index (κ2) is 3.56. The van der Waals surface area contributed by atoms with Gasteiger partial charge in [-0.2, -0.15) is 0 Å².